The minimum absolute atomic E-state index is 0.256. The van der Waals surface area contributed by atoms with Crippen LogP contribution in [0.5, 0.6) is 0 Å². The molecule has 2 N–H and O–H groups in total. The van der Waals surface area contributed by atoms with Gasteiger partial charge in [-0.1, -0.05) is 6.92 Å². The smallest absolute Gasteiger partial charge is 0.341 e. The van der Waals surface area contributed by atoms with Crippen molar-refractivity contribution in [3.63, 3.8) is 0 Å². The molecule has 6 nitrogen and oxygen atoms in total. The zero-order valence-electron chi connectivity index (χ0n) is 13.0. The van der Waals surface area contributed by atoms with Gasteiger partial charge in [-0.3, -0.25) is 4.79 Å². The van der Waals surface area contributed by atoms with Crippen molar-refractivity contribution in [2.45, 2.75) is 33.1 Å². The molecule has 1 atom stereocenters. The van der Waals surface area contributed by atoms with Crippen LogP contribution in [-0.2, 0) is 27.2 Å². The maximum absolute atomic E-state index is 12.2. The molecule has 1 aliphatic rings. The first-order chi connectivity index (χ1) is 10.9. The number of hydrogen-bond donors (Lipinski definition) is 2. The van der Waals surface area contributed by atoms with E-state index in [9.17, 15) is 14.4 Å². The summed E-state index contributed by atoms with van der Waals surface area (Å²) in [6.07, 6.45) is 4.32. The highest BCUT2D eigenvalue weighted by atomic mass is 32.1. The van der Waals surface area contributed by atoms with Crippen molar-refractivity contribution in [1.29, 1.82) is 0 Å². The number of anilines is 1. The van der Waals surface area contributed by atoms with Crippen molar-refractivity contribution < 1.29 is 24.2 Å². The first-order valence-corrected chi connectivity index (χ1v) is 8.27. The number of fused-ring (bicyclic) bond motifs is 1. The minimum atomic E-state index is -1.20. The van der Waals surface area contributed by atoms with Gasteiger partial charge in [-0.2, -0.15) is 0 Å². The molecule has 0 bridgehead atoms. The molecule has 1 aromatic heterocycles. The number of ether oxygens (including phenoxy) is 1. The second-order valence-electron chi connectivity index (χ2n) is 5.44. The van der Waals surface area contributed by atoms with Crippen molar-refractivity contribution in [1.82, 2.24) is 0 Å². The van der Waals surface area contributed by atoms with Crippen LogP contribution in [0, 0.1) is 5.92 Å². The molecule has 0 aliphatic heterocycles. The molecule has 1 unspecified atom stereocenters. The largest absolute Gasteiger partial charge is 0.478 e. The van der Waals surface area contributed by atoms with E-state index in [2.05, 4.69) is 12.2 Å². The number of carboxylic acid groups (broad SMARTS) is 1. The third-order valence-corrected chi connectivity index (χ3v) is 4.78. The van der Waals surface area contributed by atoms with Gasteiger partial charge in [0.25, 0.3) is 0 Å². The lowest BCUT2D eigenvalue weighted by Gasteiger charge is -2.18. The summed E-state index contributed by atoms with van der Waals surface area (Å²) in [7, 11) is 0. The van der Waals surface area contributed by atoms with Crippen LogP contribution in [0.1, 0.15) is 41.1 Å². The van der Waals surface area contributed by atoms with E-state index in [1.807, 2.05) is 0 Å². The van der Waals surface area contributed by atoms with Gasteiger partial charge in [0.15, 0.2) is 0 Å². The highest BCUT2D eigenvalue weighted by Gasteiger charge is 2.28. The van der Waals surface area contributed by atoms with E-state index in [1.165, 1.54) is 11.3 Å². The number of aliphatic carboxylic acids is 1. The lowest BCUT2D eigenvalue weighted by molar-refractivity contribution is -0.131. The molecule has 0 saturated carbocycles. The lowest BCUT2D eigenvalue weighted by Crippen LogP contribution is -2.15. The summed E-state index contributed by atoms with van der Waals surface area (Å²) >= 11 is 1.37. The van der Waals surface area contributed by atoms with E-state index in [4.69, 9.17) is 9.84 Å². The molecule has 0 radical (unpaired) electrons. The summed E-state index contributed by atoms with van der Waals surface area (Å²) in [5, 5.41) is 11.6. The zero-order chi connectivity index (χ0) is 17.0. The number of hydrogen-bond acceptors (Lipinski definition) is 5. The fraction of sp³-hybridized carbons (Fsp3) is 0.438. The number of rotatable bonds is 5. The van der Waals surface area contributed by atoms with E-state index in [1.54, 1.807) is 6.92 Å². The second-order valence-corrected chi connectivity index (χ2v) is 6.54. The van der Waals surface area contributed by atoms with Crippen molar-refractivity contribution in [3.8, 4) is 0 Å². The molecule has 23 heavy (non-hydrogen) atoms. The Labute approximate surface area is 138 Å². The number of esters is 1. The van der Waals surface area contributed by atoms with E-state index >= 15 is 0 Å². The second kappa shape index (κ2) is 7.41. The Balaban J connectivity index is 2.32. The predicted molar refractivity (Wildman–Crippen MR) is 86.9 cm³/mol. The van der Waals surface area contributed by atoms with Gasteiger partial charge in [0.05, 0.1) is 12.2 Å². The van der Waals surface area contributed by atoms with E-state index in [0.29, 0.717) is 16.5 Å². The van der Waals surface area contributed by atoms with Crippen LogP contribution < -0.4 is 5.32 Å². The van der Waals surface area contributed by atoms with Gasteiger partial charge in [-0.25, -0.2) is 9.59 Å². The lowest BCUT2D eigenvalue weighted by atomic mass is 9.88. The number of nitrogens with one attached hydrogen (secondary N) is 1. The Bertz CT molecular complexity index is 662. The normalized spacial score (nSPS) is 16.9. The van der Waals surface area contributed by atoms with Gasteiger partial charge in [0.2, 0.25) is 5.91 Å². The summed E-state index contributed by atoms with van der Waals surface area (Å²) < 4.78 is 5.10. The van der Waals surface area contributed by atoms with Crippen molar-refractivity contribution in [2.24, 2.45) is 5.92 Å². The average molecular weight is 337 g/mol. The Hall–Kier alpha value is -2.15. The predicted octanol–water partition coefficient (Wildman–Crippen LogP) is 2.63. The molecule has 1 amide bonds. The van der Waals surface area contributed by atoms with Crippen LogP contribution in [0.25, 0.3) is 0 Å². The molecule has 0 spiro atoms. The first-order valence-electron chi connectivity index (χ1n) is 7.46. The molecule has 0 aromatic carbocycles. The Kier molecular flexibility index (Phi) is 5.54. The van der Waals surface area contributed by atoms with Crippen LogP contribution in [0.4, 0.5) is 5.00 Å². The maximum atomic E-state index is 12.2. The number of thiophene rings is 1. The third kappa shape index (κ3) is 4.19. The molecule has 1 heterocycles. The summed E-state index contributed by atoms with van der Waals surface area (Å²) in [5.74, 6) is -1.70. The number of carbonyl (C=O) groups is 3. The Morgan fingerprint density at radius 2 is 2.13 bits per heavy atom. The summed E-state index contributed by atoms with van der Waals surface area (Å²) in [6, 6.07) is 0. The van der Waals surface area contributed by atoms with Crippen LogP contribution in [0.3, 0.4) is 0 Å². The highest BCUT2D eigenvalue weighted by Crippen LogP contribution is 2.40. The molecule has 1 aliphatic carbocycles. The fourth-order valence-corrected chi connectivity index (χ4v) is 3.96. The number of amides is 1. The fourth-order valence-electron chi connectivity index (χ4n) is 2.56. The SMILES string of the molecule is CCOC(=O)c1c(NC(=O)/C=C\C(=O)O)sc2c1CCC(C)C2. The van der Waals surface area contributed by atoms with E-state index < -0.39 is 17.8 Å². The molecule has 7 heteroatoms. The molecular weight excluding hydrogens is 318 g/mol. The van der Waals surface area contributed by atoms with E-state index in [0.717, 1.165) is 41.9 Å². The average Bonchev–Trinajstić information content (AvgIpc) is 2.82. The van der Waals surface area contributed by atoms with Crippen LogP contribution >= 0.6 is 11.3 Å². The molecule has 2 rings (SSSR count). The molecule has 0 fully saturated rings. The van der Waals surface area contributed by atoms with Crippen molar-refractivity contribution in [3.05, 3.63) is 28.2 Å². The highest BCUT2D eigenvalue weighted by molar-refractivity contribution is 7.17. The van der Waals surface area contributed by atoms with Gasteiger partial charge in [-0.15, -0.1) is 11.3 Å². The van der Waals surface area contributed by atoms with Gasteiger partial charge in [0.1, 0.15) is 5.00 Å². The topological polar surface area (TPSA) is 92.7 Å². The van der Waals surface area contributed by atoms with E-state index in [-0.39, 0.29) is 6.61 Å². The molecular formula is C16H19NO5S. The third-order valence-electron chi connectivity index (χ3n) is 3.61. The minimum Gasteiger partial charge on any atom is -0.478 e. The van der Waals surface area contributed by atoms with Crippen molar-refractivity contribution in [2.75, 3.05) is 11.9 Å². The standard InChI is InChI=1S/C16H19NO5S/c1-3-22-16(21)14-10-5-4-9(2)8-11(10)23-15(14)17-12(18)6-7-13(19)20/h6-7,9H,3-5,8H2,1-2H3,(H,17,18)(H,19,20)/b7-6-. The molecule has 1 aromatic rings. The van der Waals surface area contributed by atoms with Crippen molar-refractivity contribution >= 4 is 34.2 Å². The first kappa shape index (κ1) is 17.2. The summed E-state index contributed by atoms with van der Waals surface area (Å²) in [5.41, 5.74) is 1.36. The van der Waals surface area contributed by atoms with Gasteiger partial charge < -0.3 is 15.2 Å². The van der Waals surface area contributed by atoms with Gasteiger partial charge >= 0.3 is 11.9 Å². The Morgan fingerprint density at radius 1 is 1.39 bits per heavy atom. The van der Waals surface area contributed by atoms with Crippen LogP contribution in [0.15, 0.2) is 12.2 Å². The monoisotopic (exact) mass is 337 g/mol. The molecule has 124 valence electrons. The number of carboxylic acids is 1. The quantitative estimate of drug-likeness (QED) is 0.636. The van der Waals surface area contributed by atoms with Crippen LogP contribution in [0.2, 0.25) is 0 Å². The maximum Gasteiger partial charge on any atom is 0.341 e. The summed E-state index contributed by atoms with van der Waals surface area (Å²) in [4.78, 5) is 35.6. The Morgan fingerprint density at radius 3 is 2.78 bits per heavy atom. The number of carbonyl (C=O) groups excluding carboxylic acids is 2. The molecule has 0 saturated heterocycles. The van der Waals surface area contributed by atoms with Gasteiger partial charge in [-0.05, 0) is 37.7 Å². The van der Waals surface area contributed by atoms with Gasteiger partial charge in [0, 0.05) is 17.0 Å². The summed E-state index contributed by atoms with van der Waals surface area (Å²) in [6.45, 7) is 4.14. The van der Waals surface area contributed by atoms with Crippen LogP contribution in [-0.4, -0.2) is 29.6 Å². The zero-order valence-corrected chi connectivity index (χ0v) is 13.9.